The van der Waals surface area contributed by atoms with Crippen LogP contribution >= 0.6 is 0 Å². The third-order valence-corrected chi connectivity index (χ3v) is 6.43. The number of hydrogen-bond acceptors (Lipinski definition) is 5. The number of sulfonamides is 1. The van der Waals surface area contributed by atoms with E-state index >= 15 is 0 Å². The summed E-state index contributed by atoms with van der Waals surface area (Å²) in [4.78, 5) is 12.1. The van der Waals surface area contributed by atoms with Crippen molar-refractivity contribution in [3.8, 4) is 11.5 Å². The van der Waals surface area contributed by atoms with E-state index in [2.05, 4.69) is 5.32 Å². The van der Waals surface area contributed by atoms with Gasteiger partial charge in [-0.15, -0.1) is 0 Å². The highest BCUT2D eigenvalue weighted by molar-refractivity contribution is 7.89. The molecule has 2 rings (SSSR count). The van der Waals surface area contributed by atoms with E-state index in [1.165, 1.54) is 0 Å². The molecule has 0 spiro atoms. The Bertz CT molecular complexity index is 683. The molecule has 1 amide bonds. The molecule has 0 aromatic heterocycles. The fraction of sp³-hybridized carbons (Fsp3) is 0.632. The van der Waals surface area contributed by atoms with Crippen molar-refractivity contribution in [1.82, 2.24) is 9.62 Å². The van der Waals surface area contributed by atoms with E-state index in [-0.39, 0.29) is 24.3 Å². The summed E-state index contributed by atoms with van der Waals surface area (Å²) in [6.07, 6.45) is 2.79. The van der Waals surface area contributed by atoms with Crippen LogP contribution in [0, 0.1) is 0 Å². The number of hydrogen-bond donors (Lipinski definition) is 1. The number of unbranched alkanes of at least 4 members (excludes halogenated alkanes) is 1. The third kappa shape index (κ3) is 7.03. The molecule has 0 atom stereocenters. The normalized spacial score (nSPS) is 16.1. The van der Waals surface area contributed by atoms with E-state index in [0.29, 0.717) is 44.7 Å². The van der Waals surface area contributed by atoms with E-state index in [0.717, 1.165) is 12.2 Å². The van der Waals surface area contributed by atoms with Crippen LogP contribution < -0.4 is 14.8 Å². The van der Waals surface area contributed by atoms with Crippen molar-refractivity contribution < 1.29 is 22.7 Å². The molecular formula is C19H30N2O5S. The molecule has 152 valence electrons. The van der Waals surface area contributed by atoms with E-state index in [9.17, 15) is 13.2 Å². The highest BCUT2D eigenvalue weighted by atomic mass is 32.2. The zero-order valence-corrected chi connectivity index (χ0v) is 17.0. The van der Waals surface area contributed by atoms with Gasteiger partial charge in [-0.25, -0.2) is 12.7 Å². The lowest BCUT2D eigenvalue weighted by atomic mass is 10.1. The van der Waals surface area contributed by atoms with E-state index < -0.39 is 10.0 Å². The zero-order chi connectivity index (χ0) is 19.7. The standard InChI is InChI=1S/C19H30N2O5S/c1-3-5-14-27(23,24)21-12-10-16(11-13-21)20-19(22)15-26-18-8-6-17(7-9-18)25-4-2/h6-9,16H,3-5,10-15H2,1-2H3,(H,20,22). The minimum atomic E-state index is -3.17. The van der Waals surface area contributed by atoms with Crippen LogP contribution in [0.25, 0.3) is 0 Å². The van der Waals surface area contributed by atoms with Crippen LogP contribution in [-0.2, 0) is 14.8 Å². The van der Waals surface area contributed by atoms with Crippen LogP contribution in [0.5, 0.6) is 11.5 Å². The first-order valence-corrected chi connectivity index (χ1v) is 11.2. The second kappa shape index (κ2) is 10.5. The molecule has 1 heterocycles. The minimum Gasteiger partial charge on any atom is -0.494 e. The predicted octanol–water partition coefficient (Wildman–Crippen LogP) is 2.17. The lowest BCUT2D eigenvalue weighted by molar-refractivity contribution is -0.124. The molecule has 1 saturated heterocycles. The lowest BCUT2D eigenvalue weighted by Crippen LogP contribution is -2.47. The maximum absolute atomic E-state index is 12.2. The monoisotopic (exact) mass is 398 g/mol. The molecule has 7 nitrogen and oxygen atoms in total. The fourth-order valence-corrected chi connectivity index (χ4v) is 4.63. The van der Waals surface area contributed by atoms with Crippen LogP contribution in [0.3, 0.4) is 0 Å². The summed E-state index contributed by atoms with van der Waals surface area (Å²) >= 11 is 0. The number of amides is 1. The fourth-order valence-electron chi connectivity index (χ4n) is 2.95. The Morgan fingerprint density at radius 2 is 1.70 bits per heavy atom. The SMILES string of the molecule is CCCCS(=O)(=O)N1CCC(NC(=O)COc2ccc(OCC)cc2)CC1. The summed E-state index contributed by atoms with van der Waals surface area (Å²) < 4.78 is 36.8. The Labute approximate surface area is 162 Å². The summed E-state index contributed by atoms with van der Waals surface area (Å²) in [6.45, 7) is 5.34. The zero-order valence-electron chi connectivity index (χ0n) is 16.1. The molecule has 1 aromatic rings. The maximum Gasteiger partial charge on any atom is 0.258 e. The molecule has 27 heavy (non-hydrogen) atoms. The molecule has 0 aliphatic carbocycles. The van der Waals surface area contributed by atoms with Crippen molar-refractivity contribution in [2.75, 3.05) is 32.1 Å². The van der Waals surface area contributed by atoms with Crippen molar-refractivity contribution in [2.45, 2.75) is 45.6 Å². The quantitative estimate of drug-likeness (QED) is 0.653. The van der Waals surface area contributed by atoms with Crippen molar-refractivity contribution >= 4 is 15.9 Å². The van der Waals surface area contributed by atoms with Crippen molar-refractivity contribution in [3.63, 3.8) is 0 Å². The Morgan fingerprint density at radius 1 is 1.11 bits per heavy atom. The van der Waals surface area contributed by atoms with Gasteiger partial charge in [0.2, 0.25) is 10.0 Å². The molecule has 1 aromatic carbocycles. The van der Waals surface area contributed by atoms with Gasteiger partial charge >= 0.3 is 0 Å². The lowest BCUT2D eigenvalue weighted by Gasteiger charge is -2.31. The van der Waals surface area contributed by atoms with Crippen molar-refractivity contribution in [3.05, 3.63) is 24.3 Å². The van der Waals surface area contributed by atoms with Gasteiger partial charge in [-0.1, -0.05) is 13.3 Å². The average Bonchev–Trinajstić information content (AvgIpc) is 2.66. The van der Waals surface area contributed by atoms with Gasteiger partial charge < -0.3 is 14.8 Å². The number of carbonyl (C=O) groups excluding carboxylic acids is 1. The van der Waals surface area contributed by atoms with Gasteiger partial charge in [-0.3, -0.25) is 4.79 Å². The molecule has 0 bridgehead atoms. The molecule has 0 saturated carbocycles. The molecular weight excluding hydrogens is 368 g/mol. The highest BCUT2D eigenvalue weighted by Gasteiger charge is 2.28. The molecule has 0 radical (unpaired) electrons. The Morgan fingerprint density at radius 3 is 2.26 bits per heavy atom. The third-order valence-electron chi connectivity index (χ3n) is 4.47. The van der Waals surface area contributed by atoms with E-state index in [1.54, 1.807) is 28.6 Å². The second-order valence-electron chi connectivity index (χ2n) is 6.60. The Hall–Kier alpha value is -1.80. The molecule has 1 aliphatic heterocycles. The summed E-state index contributed by atoms with van der Waals surface area (Å²) in [5, 5.41) is 2.93. The van der Waals surface area contributed by atoms with Gasteiger partial charge in [0.25, 0.3) is 5.91 Å². The topological polar surface area (TPSA) is 84.9 Å². The number of carbonyl (C=O) groups is 1. The van der Waals surface area contributed by atoms with Gasteiger partial charge in [0, 0.05) is 19.1 Å². The minimum absolute atomic E-state index is 0.0148. The van der Waals surface area contributed by atoms with Gasteiger partial charge in [-0.05, 0) is 50.5 Å². The van der Waals surface area contributed by atoms with E-state index in [1.807, 2.05) is 13.8 Å². The summed E-state index contributed by atoms with van der Waals surface area (Å²) in [7, 11) is -3.17. The van der Waals surface area contributed by atoms with Gasteiger partial charge in [0.15, 0.2) is 6.61 Å². The largest absolute Gasteiger partial charge is 0.494 e. The van der Waals surface area contributed by atoms with Crippen LogP contribution in [-0.4, -0.2) is 56.7 Å². The number of benzene rings is 1. The summed E-state index contributed by atoms with van der Waals surface area (Å²) in [5.41, 5.74) is 0. The highest BCUT2D eigenvalue weighted by Crippen LogP contribution is 2.18. The number of nitrogens with one attached hydrogen (secondary N) is 1. The summed E-state index contributed by atoms with van der Waals surface area (Å²) in [6, 6.07) is 7.10. The van der Waals surface area contributed by atoms with Gasteiger partial charge in [0.05, 0.1) is 12.4 Å². The Kier molecular flexibility index (Phi) is 8.37. The number of nitrogens with zero attached hydrogens (tertiary/aromatic N) is 1. The average molecular weight is 399 g/mol. The first-order valence-electron chi connectivity index (χ1n) is 9.57. The molecule has 1 fully saturated rings. The molecule has 0 unspecified atom stereocenters. The van der Waals surface area contributed by atoms with Gasteiger partial charge in [0.1, 0.15) is 11.5 Å². The van der Waals surface area contributed by atoms with Crippen LogP contribution in [0.2, 0.25) is 0 Å². The van der Waals surface area contributed by atoms with Crippen LogP contribution in [0.15, 0.2) is 24.3 Å². The Balaban J connectivity index is 1.71. The van der Waals surface area contributed by atoms with E-state index in [4.69, 9.17) is 9.47 Å². The van der Waals surface area contributed by atoms with Crippen molar-refractivity contribution in [2.24, 2.45) is 0 Å². The molecule has 1 aliphatic rings. The molecule has 8 heteroatoms. The number of piperidine rings is 1. The van der Waals surface area contributed by atoms with Gasteiger partial charge in [-0.2, -0.15) is 0 Å². The van der Waals surface area contributed by atoms with Crippen molar-refractivity contribution in [1.29, 1.82) is 0 Å². The predicted molar refractivity (Wildman–Crippen MR) is 105 cm³/mol. The molecule has 1 N–H and O–H groups in total. The van der Waals surface area contributed by atoms with Crippen LogP contribution in [0.4, 0.5) is 0 Å². The number of rotatable bonds is 10. The number of ether oxygens (including phenoxy) is 2. The maximum atomic E-state index is 12.2. The second-order valence-corrected chi connectivity index (χ2v) is 8.69. The smallest absolute Gasteiger partial charge is 0.258 e. The first kappa shape index (κ1) is 21.5. The first-order chi connectivity index (χ1) is 12.9. The van der Waals surface area contributed by atoms with Crippen LogP contribution in [0.1, 0.15) is 39.5 Å². The summed E-state index contributed by atoms with van der Waals surface area (Å²) in [5.74, 6) is 1.37.